The Hall–Kier alpha value is -1.14. The Labute approximate surface area is 74.7 Å². The molecular weight excluding hydrogens is 180 g/mol. The van der Waals surface area contributed by atoms with Crippen LogP contribution in [-0.4, -0.2) is 46.1 Å². The molecule has 2 atom stereocenters. The maximum atomic E-state index is 10.4. The Morgan fingerprint density at radius 2 is 1.92 bits per heavy atom. The highest BCUT2D eigenvalue weighted by atomic mass is 16.5. The highest BCUT2D eigenvalue weighted by molar-refractivity contribution is 5.79. The molecule has 0 spiro atoms. The fourth-order valence-electron chi connectivity index (χ4n) is 0.632. The minimum Gasteiger partial charge on any atom is -0.481 e. The first-order valence-corrected chi connectivity index (χ1v) is 3.67. The van der Waals surface area contributed by atoms with Gasteiger partial charge in [-0.15, -0.1) is 0 Å². The molecule has 0 bridgehead atoms. The van der Waals surface area contributed by atoms with Gasteiger partial charge in [0.15, 0.2) is 6.10 Å². The molecule has 0 aliphatic rings. The monoisotopic (exact) mass is 192 g/mol. The van der Waals surface area contributed by atoms with E-state index < -0.39 is 30.6 Å². The zero-order valence-electron chi connectivity index (χ0n) is 7.14. The highest BCUT2D eigenvalue weighted by Crippen LogP contribution is 2.00. The van der Waals surface area contributed by atoms with Crippen molar-refractivity contribution in [3.05, 3.63) is 0 Å². The second-order valence-electron chi connectivity index (χ2n) is 2.61. The molecule has 0 aromatic carbocycles. The van der Waals surface area contributed by atoms with E-state index >= 15 is 0 Å². The molecule has 0 aromatic heterocycles. The van der Waals surface area contributed by atoms with Crippen LogP contribution in [0.25, 0.3) is 0 Å². The van der Waals surface area contributed by atoms with Crippen LogP contribution in [0.1, 0.15) is 13.3 Å². The second-order valence-corrected chi connectivity index (χ2v) is 2.61. The Balaban J connectivity index is 3.95. The van der Waals surface area contributed by atoms with E-state index in [4.69, 9.17) is 15.3 Å². The molecule has 0 radical (unpaired) electrons. The average molecular weight is 192 g/mol. The van der Waals surface area contributed by atoms with Gasteiger partial charge >= 0.3 is 11.9 Å². The highest BCUT2D eigenvalue weighted by Gasteiger charge is 2.21. The molecule has 0 saturated heterocycles. The predicted octanol–water partition coefficient (Wildman–Crippen LogP) is -0.688. The van der Waals surface area contributed by atoms with Crippen molar-refractivity contribution in [2.24, 2.45) is 0 Å². The molecule has 6 heteroatoms. The minimum absolute atomic E-state index is 0.190. The summed E-state index contributed by atoms with van der Waals surface area (Å²) in [4.78, 5) is 20.5. The fourth-order valence-corrected chi connectivity index (χ4v) is 0.632. The average Bonchev–Trinajstić information content (AvgIpc) is 1.96. The van der Waals surface area contributed by atoms with Crippen molar-refractivity contribution in [1.82, 2.24) is 0 Å². The summed E-state index contributed by atoms with van der Waals surface area (Å²) in [7, 11) is 0. The van der Waals surface area contributed by atoms with Gasteiger partial charge in [0.25, 0.3) is 0 Å². The van der Waals surface area contributed by atoms with E-state index in [-0.39, 0.29) is 6.61 Å². The summed E-state index contributed by atoms with van der Waals surface area (Å²) < 4.78 is 4.65. The first-order valence-electron chi connectivity index (χ1n) is 3.67. The van der Waals surface area contributed by atoms with E-state index in [0.29, 0.717) is 0 Å². The Kier molecular flexibility index (Phi) is 5.01. The molecule has 13 heavy (non-hydrogen) atoms. The van der Waals surface area contributed by atoms with Gasteiger partial charge in [-0.25, -0.2) is 4.79 Å². The van der Waals surface area contributed by atoms with Gasteiger partial charge in [-0.05, 0) is 6.92 Å². The van der Waals surface area contributed by atoms with Crippen molar-refractivity contribution in [3.8, 4) is 0 Å². The van der Waals surface area contributed by atoms with Gasteiger partial charge in [-0.3, -0.25) is 4.79 Å². The molecule has 2 unspecified atom stereocenters. The summed E-state index contributed by atoms with van der Waals surface area (Å²) in [6, 6.07) is 0. The molecule has 6 nitrogen and oxygen atoms in total. The third-order valence-electron chi connectivity index (χ3n) is 1.17. The zero-order chi connectivity index (χ0) is 10.4. The Morgan fingerprint density at radius 3 is 2.23 bits per heavy atom. The third kappa shape index (κ3) is 6.06. The van der Waals surface area contributed by atoms with Crippen LogP contribution in [0.15, 0.2) is 0 Å². The zero-order valence-corrected chi connectivity index (χ0v) is 7.14. The second kappa shape index (κ2) is 5.50. The smallest absolute Gasteiger partial charge is 0.333 e. The molecule has 3 N–H and O–H groups in total. The summed E-state index contributed by atoms with van der Waals surface area (Å²) in [6.45, 7) is 1.23. The molecule has 76 valence electrons. The van der Waals surface area contributed by atoms with Gasteiger partial charge in [0.05, 0.1) is 19.1 Å². The van der Waals surface area contributed by atoms with Crippen LogP contribution in [0, 0.1) is 0 Å². The maximum Gasteiger partial charge on any atom is 0.333 e. The Bertz CT molecular complexity index is 187. The normalized spacial score (nSPS) is 14.9. The van der Waals surface area contributed by atoms with Gasteiger partial charge in [-0.2, -0.15) is 0 Å². The summed E-state index contributed by atoms with van der Waals surface area (Å²) in [6.07, 6.45) is -2.81. The SMILES string of the molecule is CC(O)COC(CC(=O)O)C(=O)O. The molecule has 0 aliphatic heterocycles. The predicted molar refractivity (Wildman–Crippen MR) is 41.3 cm³/mol. The molecule has 0 aliphatic carbocycles. The number of aliphatic hydroxyl groups excluding tert-OH is 1. The number of aliphatic carboxylic acids is 2. The number of ether oxygens (including phenoxy) is 1. The molecule has 0 fully saturated rings. The van der Waals surface area contributed by atoms with Gasteiger partial charge in [0.1, 0.15) is 0 Å². The lowest BCUT2D eigenvalue weighted by Gasteiger charge is -2.12. The first-order chi connectivity index (χ1) is 5.93. The van der Waals surface area contributed by atoms with Crippen LogP contribution in [0.4, 0.5) is 0 Å². The molecule has 0 amide bonds. The maximum absolute atomic E-state index is 10.4. The van der Waals surface area contributed by atoms with E-state index in [9.17, 15) is 9.59 Å². The van der Waals surface area contributed by atoms with Crippen molar-refractivity contribution in [2.75, 3.05) is 6.61 Å². The number of rotatable bonds is 6. The van der Waals surface area contributed by atoms with Crippen LogP contribution in [0.3, 0.4) is 0 Å². The Morgan fingerprint density at radius 1 is 1.38 bits per heavy atom. The molecular formula is C7H12O6. The first kappa shape index (κ1) is 11.9. The summed E-state index contributed by atoms with van der Waals surface area (Å²) in [5, 5.41) is 25.5. The quantitative estimate of drug-likeness (QED) is 0.514. The standard InChI is InChI=1S/C7H12O6/c1-4(8)3-13-5(7(11)12)2-6(9)10/h4-5,8H,2-3H2,1H3,(H,9,10)(H,11,12). The summed E-state index contributed by atoms with van der Waals surface area (Å²) >= 11 is 0. The molecule has 0 aromatic rings. The number of carboxylic acids is 2. The lowest BCUT2D eigenvalue weighted by molar-refractivity contribution is -0.158. The summed E-state index contributed by atoms with van der Waals surface area (Å²) in [5.74, 6) is -2.60. The molecule has 0 saturated carbocycles. The van der Waals surface area contributed by atoms with Crippen molar-refractivity contribution >= 4 is 11.9 Å². The van der Waals surface area contributed by atoms with Crippen molar-refractivity contribution in [2.45, 2.75) is 25.6 Å². The van der Waals surface area contributed by atoms with Gasteiger partial charge in [0.2, 0.25) is 0 Å². The molecule has 0 heterocycles. The van der Waals surface area contributed by atoms with Gasteiger partial charge in [-0.1, -0.05) is 0 Å². The number of aliphatic hydroxyl groups is 1. The van der Waals surface area contributed by atoms with Gasteiger partial charge < -0.3 is 20.1 Å². The lowest BCUT2D eigenvalue weighted by atomic mass is 10.2. The van der Waals surface area contributed by atoms with E-state index in [0.717, 1.165) is 0 Å². The van der Waals surface area contributed by atoms with Crippen molar-refractivity contribution < 1.29 is 29.6 Å². The van der Waals surface area contributed by atoms with E-state index in [1.54, 1.807) is 0 Å². The largest absolute Gasteiger partial charge is 0.481 e. The number of hydrogen-bond acceptors (Lipinski definition) is 4. The van der Waals surface area contributed by atoms with E-state index in [2.05, 4.69) is 4.74 Å². The number of carboxylic acid groups (broad SMARTS) is 2. The topological polar surface area (TPSA) is 104 Å². The molecule has 0 rings (SSSR count). The van der Waals surface area contributed by atoms with E-state index in [1.807, 2.05) is 0 Å². The fraction of sp³-hybridized carbons (Fsp3) is 0.714. The van der Waals surface area contributed by atoms with E-state index in [1.165, 1.54) is 6.92 Å². The summed E-state index contributed by atoms with van der Waals surface area (Å²) in [5.41, 5.74) is 0. The van der Waals surface area contributed by atoms with Crippen LogP contribution >= 0.6 is 0 Å². The third-order valence-corrected chi connectivity index (χ3v) is 1.17. The number of carbonyl (C=O) groups is 2. The van der Waals surface area contributed by atoms with Crippen molar-refractivity contribution in [3.63, 3.8) is 0 Å². The van der Waals surface area contributed by atoms with Gasteiger partial charge in [0, 0.05) is 0 Å². The minimum atomic E-state index is -1.40. The van der Waals surface area contributed by atoms with Crippen molar-refractivity contribution in [1.29, 1.82) is 0 Å². The van der Waals surface area contributed by atoms with Crippen LogP contribution in [-0.2, 0) is 14.3 Å². The van der Waals surface area contributed by atoms with Crippen LogP contribution in [0.5, 0.6) is 0 Å². The van der Waals surface area contributed by atoms with Crippen LogP contribution < -0.4 is 0 Å². The number of hydrogen-bond donors (Lipinski definition) is 3. The lowest BCUT2D eigenvalue weighted by Crippen LogP contribution is -2.29. The van der Waals surface area contributed by atoms with Crippen LogP contribution in [0.2, 0.25) is 0 Å².